The second-order valence-corrected chi connectivity index (χ2v) is 6.77. The molecule has 2 aliphatic heterocycles. The van der Waals surface area contributed by atoms with Crippen LogP contribution >= 0.6 is 0 Å². The molecule has 2 saturated heterocycles. The van der Waals surface area contributed by atoms with Crippen LogP contribution in [0.3, 0.4) is 0 Å². The molecule has 2 rings (SSSR count). The van der Waals surface area contributed by atoms with Gasteiger partial charge >= 0.3 is 0 Å². The first-order valence-corrected chi connectivity index (χ1v) is 9.21. The Morgan fingerprint density at radius 2 is 1.47 bits per heavy atom. The average molecular weight is 437 g/mol. The fourth-order valence-corrected chi connectivity index (χ4v) is 3.02. The van der Waals surface area contributed by atoms with Crippen molar-refractivity contribution in [3.63, 3.8) is 0 Å². The van der Waals surface area contributed by atoms with Gasteiger partial charge in [0, 0.05) is 11.5 Å². The molecule has 10 atom stereocenters. The molecule has 14 heteroatoms. The molecule has 172 valence electrons. The summed E-state index contributed by atoms with van der Waals surface area (Å²) in [5, 5.41) is 71.9. The van der Waals surface area contributed by atoms with Gasteiger partial charge in [-0.2, -0.15) is 0 Å². The van der Waals surface area contributed by atoms with Crippen molar-refractivity contribution in [3.8, 4) is 0 Å². The topological polar surface area (TPSA) is 227 Å². The van der Waals surface area contributed by atoms with E-state index < -0.39 is 74.6 Å². The van der Waals surface area contributed by atoms with Crippen LogP contribution in [-0.2, 0) is 18.9 Å². The first-order chi connectivity index (χ1) is 14.3. The molecule has 0 aromatic carbocycles. The standard InChI is InChI=1S/C16H27N3O11/c17-19-18-3-1-2-4-27-15-11(25)10(24)14(30-15)8(22)6-28-16-12(26)9(23)13(29-16)7(21)5-20/h1-2,7-16,20-26H,3-6H2/b2-1+/t7-,8-,9?,10?,11+,12+,13+,14+,15-,16-/m1/s1. The maximum Gasteiger partial charge on any atom is 0.187 e. The van der Waals surface area contributed by atoms with Gasteiger partial charge in [0.1, 0.15) is 48.8 Å². The monoisotopic (exact) mass is 437 g/mol. The maximum atomic E-state index is 10.2. The molecular formula is C16H27N3O11. The molecule has 2 unspecified atom stereocenters. The Labute approximate surface area is 171 Å². The Morgan fingerprint density at radius 3 is 2.03 bits per heavy atom. The third-order valence-corrected chi connectivity index (χ3v) is 4.66. The first kappa shape index (κ1) is 24.9. The predicted molar refractivity (Wildman–Crippen MR) is 95.5 cm³/mol. The fraction of sp³-hybridized carbons (Fsp3) is 0.875. The van der Waals surface area contributed by atoms with Crippen LogP contribution < -0.4 is 0 Å². The van der Waals surface area contributed by atoms with E-state index in [1.165, 1.54) is 12.2 Å². The SMILES string of the molecule is [N-]=[N+]=NC/C=C/CO[C@@H]1O[C@@H]([C@H](O)CO[C@@H]2O[C@@H]([C@H](O)CO)C(O)[C@@H]2O)C(O)[C@@H]1O. The van der Waals surface area contributed by atoms with Crippen LogP contribution in [0.4, 0.5) is 0 Å². The number of nitrogens with zero attached hydrogens (tertiary/aromatic N) is 3. The lowest BCUT2D eigenvalue weighted by Gasteiger charge is -2.23. The largest absolute Gasteiger partial charge is 0.394 e. The normalized spacial score (nSPS) is 38.6. The summed E-state index contributed by atoms with van der Waals surface area (Å²) in [4.78, 5) is 2.57. The van der Waals surface area contributed by atoms with Crippen LogP contribution in [0.5, 0.6) is 0 Å². The van der Waals surface area contributed by atoms with Crippen molar-refractivity contribution in [3.05, 3.63) is 22.6 Å². The minimum absolute atomic E-state index is 0.0106. The predicted octanol–water partition coefficient (Wildman–Crippen LogP) is -3.51. The molecule has 0 saturated carbocycles. The second-order valence-electron chi connectivity index (χ2n) is 6.77. The summed E-state index contributed by atoms with van der Waals surface area (Å²) in [6, 6.07) is 0. The molecule has 2 aliphatic rings. The molecule has 7 N–H and O–H groups in total. The van der Waals surface area contributed by atoms with Gasteiger partial charge in [0.05, 0.1) is 19.8 Å². The van der Waals surface area contributed by atoms with Crippen molar-refractivity contribution in [2.24, 2.45) is 5.11 Å². The Hall–Kier alpha value is -1.39. The van der Waals surface area contributed by atoms with Crippen molar-refractivity contribution < 1.29 is 54.7 Å². The third-order valence-electron chi connectivity index (χ3n) is 4.66. The minimum atomic E-state index is -1.54. The van der Waals surface area contributed by atoms with E-state index in [0.717, 1.165) is 0 Å². The summed E-state index contributed by atoms with van der Waals surface area (Å²) < 4.78 is 20.9. The van der Waals surface area contributed by atoms with Crippen molar-refractivity contribution >= 4 is 0 Å². The lowest BCUT2D eigenvalue weighted by atomic mass is 10.1. The highest BCUT2D eigenvalue weighted by Gasteiger charge is 2.49. The van der Waals surface area contributed by atoms with E-state index in [1.54, 1.807) is 0 Å². The van der Waals surface area contributed by atoms with Gasteiger partial charge in [-0.3, -0.25) is 0 Å². The van der Waals surface area contributed by atoms with E-state index >= 15 is 0 Å². The van der Waals surface area contributed by atoms with Crippen LogP contribution in [0.1, 0.15) is 0 Å². The van der Waals surface area contributed by atoms with E-state index in [0.29, 0.717) is 0 Å². The molecule has 2 fully saturated rings. The van der Waals surface area contributed by atoms with Crippen molar-refractivity contribution in [1.82, 2.24) is 0 Å². The molecule has 0 aliphatic carbocycles. The van der Waals surface area contributed by atoms with Gasteiger partial charge in [0.2, 0.25) is 0 Å². The van der Waals surface area contributed by atoms with E-state index in [-0.39, 0.29) is 13.2 Å². The number of aliphatic hydroxyl groups is 7. The summed E-state index contributed by atoms with van der Waals surface area (Å²) in [6.07, 6.45) is -11.1. The first-order valence-electron chi connectivity index (χ1n) is 9.21. The van der Waals surface area contributed by atoms with Crippen LogP contribution in [0.25, 0.3) is 10.4 Å². The summed E-state index contributed by atoms with van der Waals surface area (Å²) in [7, 11) is 0. The number of aliphatic hydroxyl groups excluding tert-OH is 7. The molecule has 30 heavy (non-hydrogen) atoms. The van der Waals surface area contributed by atoms with E-state index in [1.807, 2.05) is 0 Å². The summed E-state index contributed by atoms with van der Waals surface area (Å²) >= 11 is 0. The lowest BCUT2D eigenvalue weighted by Crippen LogP contribution is -2.43. The van der Waals surface area contributed by atoms with Gasteiger partial charge in [-0.15, -0.1) is 0 Å². The van der Waals surface area contributed by atoms with Crippen LogP contribution in [-0.4, -0.2) is 124 Å². The molecule has 0 aromatic rings. The Bertz CT molecular complexity index is 605. The lowest BCUT2D eigenvalue weighted by molar-refractivity contribution is -0.210. The van der Waals surface area contributed by atoms with Gasteiger partial charge < -0.3 is 54.7 Å². The highest BCUT2D eigenvalue weighted by Crippen LogP contribution is 2.27. The molecule has 2 heterocycles. The Balaban J connectivity index is 1.81. The van der Waals surface area contributed by atoms with Crippen LogP contribution in [0, 0.1) is 0 Å². The summed E-state index contributed by atoms with van der Waals surface area (Å²) in [6.45, 7) is -1.10. The number of hydrogen-bond donors (Lipinski definition) is 7. The molecule has 14 nitrogen and oxygen atoms in total. The maximum absolute atomic E-state index is 10.2. The fourth-order valence-electron chi connectivity index (χ4n) is 3.02. The zero-order valence-corrected chi connectivity index (χ0v) is 15.9. The number of azide groups is 1. The molecule has 0 spiro atoms. The van der Waals surface area contributed by atoms with E-state index in [4.69, 9.17) is 29.6 Å². The van der Waals surface area contributed by atoms with Gasteiger partial charge in [-0.25, -0.2) is 0 Å². The molecule has 0 amide bonds. The van der Waals surface area contributed by atoms with Crippen LogP contribution in [0.15, 0.2) is 17.3 Å². The van der Waals surface area contributed by atoms with Gasteiger partial charge in [-0.05, 0) is 5.53 Å². The minimum Gasteiger partial charge on any atom is -0.394 e. The smallest absolute Gasteiger partial charge is 0.187 e. The molecular weight excluding hydrogens is 410 g/mol. The molecule has 0 bridgehead atoms. The zero-order valence-electron chi connectivity index (χ0n) is 15.9. The third kappa shape index (κ3) is 6.07. The molecule has 0 aromatic heterocycles. The van der Waals surface area contributed by atoms with E-state index in [2.05, 4.69) is 10.0 Å². The Morgan fingerprint density at radius 1 is 0.900 bits per heavy atom. The number of hydrogen-bond acceptors (Lipinski definition) is 12. The average Bonchev–Trinajstić information content (AvgIpc) is 3.19. The van der Waals surface area contributed by atoms with Gasteiger partial charge in [0.15, 0.2) is 12.6 Å². The zero-order chi connectivity index (χ0) is 22.3. The van der Waals surface area contributed by atoms with Crippen molar-refractivity contribution in [2.75, 3.05) is 26.4 Å². The van der Waals surface area contributed by atoms with Crippen molar-refractivity contribution in [2.45, 2.75) is 61.4 Å². The van der Waals surface area contributed by atoms with Gasteiger partial charge in [-0.1, -0.05) is 17.3 Å². The highest BCUT2D eigenvalue weighted by molar-refractivity contribution is 4.93. The summed E-state index contributed by atoms with van der Waals surface area (Å²) in [5.74, 6) is 0. The number of rotatable bonds is 11. The second kappa shape index (κ2) is 11.9. The molecule has 0 radical (unpaired) electrons. The van der Waals surface area contributed by atoms with Gasteiger partial charge in [0.25, 0.3) is 0 Å². The van der Waals surface area contributed by atoms with Crippen LogP contribution in [0.2, 0.25) is 0 Å². The number of ether oxygens (including phenoxy) is 4. The Kier molecular flexibility index (Phi) is 9.83. The highest BCUT2D eigenvalue weighted by atomic mass is 16.7. The van der Waals surface area contributed by atoms with E-state index in [9.17, 15) is 30.6 Å². The summed E-state index contributed by atoms with van der Waals surface area (Å²) in [5.41, 5.74) is 8.15. The van der Waals surface area contributed by atoms with Crippen molar-refractivity contribution in [1.29, 1.82) is 0 Å². The quantitative estimate of drug-likeness (QED) is 0.0725.